The van der Waals surface area contributed by atoms with Crippen LogP contribution in [0.1, 0.15) is 10.4 Å². The number of hydrogen-bond donors (Lipinski definition) is 1. The van der Waals surface area contributed by atoms with E-state index in [1.54, 1.807) is 43.4 Å². The molecule has 0 fully saturated rings. The highest BCUT2D eigenvalue weighted by Gasteiger charge is 2.17. The molecule has 1 N–H and O–H groups in total. The number of fused-ring (bicyclic) bond motifs is 1. The molecule has 2 aromatic carbocycles. The van der Waals surface area contributed by atoms with Gasteiger partial charge < -0.3 is 9.73 Å². The first-order valence-corrected chi connectivity index (χ1v) is 6.07. The van der Waals surface area contributed by atoms with Crippen molar-refractivity contribution in [3.8, 4) is 11.5 Å². The number of para-hydroxylation sites is 1. The molecule has 3 aromatic rings. The van der Waals surface area contributed by atoms with Crippen LogP contribution in [-0.4, -0.2) is 17.9 Å². The highest BCUT2D eigenvalue weighted by Crippen LogP contribution is 2.28. The van der Waals surface area contributed by atoms with Crippen LogP contribution in [0.2, 0.25) is 0 Å². The van der Waals surface area contributed by atoms with E-state index in [9.17, 15) is 9.18 Å². The Balaban J connectivity index is 2.21. The molecule has 0 aliphatic rings. The van der Waals surface area contributed by atoms with Crippen molar-refractivity contribution in [3.05, 3.63) is 53.8 Å². The van der Waals surface area contributed by atoms with E-state index >= 15 is 0 Å². The molecule has 0 radical (unpaired) electrons. The number of carbonyl (C=O) groups excluding carboxylic acids is 1. The van der Waals surface area contributed by atoms with E-state index in [1.807, 2.05) is 0 Å². The number of nitrogens with zero attached hydrogens (tertiary/aromatic N) is 1. The van der Waals surface area contributed by atoms with Gasteiger partial charge in [0.05, 0.1) is 5.56 Å². The van der Waals surface area contributed by atoms with E-state index in [-0.39, 0.29) is 17.4 Å². The predicted octanol–water partition coefficient (Wildman–Crippen LogP) is 2.99. The van der Waals surface area contributed by atoms with Crippen molar-refractivity contribution < 1.29 is 13.6 Å². The molecule has 0 aliphatic heterocycles. The Hall–Kier alpha value is -2.69. The lowest BCUT2D eigenvalue weighted by Crippen LogP contribution is -2.18. The molecule has 100 valence electrons. The van der Waals surface area contributed by atoms with E-state index in [0.29, 0.717) is 16.6 Å². The molecule has 0 unspecified atom stereocenters. The molecular formula is C15H11FN2O2. The summed E-state index contributed by atoms with van der Waals surface area (Å²) in [5, 5.41) is 2.55. The molecule has 0 aliphatic carbocycles. The molecule has 3 rings (SSSR count). The molecular weight excluding hydrogens is 259 g/mol. The largest absolute Gasteiger partial charge is 0.433 e. The van der Waals surface area contributed by atoms with E-state index < -0.39 is 5.82 Å². The van der Waals surface area contributed by atoms with Gasteiger partial charge in [-0.3, -0.25) is 4.79 Å². The summed E-state index contributed by atoms with van der Waals surface area (Å²) in [6.07, 6.45) is 0. The van der Waals surface area contributed by atoms with Gasteiger partial charge in [0.15, 0.2) is 11.4 Å². The standard InChI is InChI=1S/C15H11FN2O2/c1-17-14(19)9-5-2-3-6-10(9)15-18-12-8-4-7-11(16)13(12)20-15/h2-8H,1H3,(H,17,19). The van der Waals surface area contributed by atoms with Crippen LogP contribution in [0.4, 0.5) is 4.39 Å². The third-order valence-corrected chi connectivity index (χ3v) is 3.00. The van der Waals surface area contributed by atoms with Gasteiger partial charge in [0.1, 0.15) is 5.52 Å². The van der Waals surface area contributed by atoms with Crippen LogP contribution >= 0.6 is 0 Å². The molecule has 5 heteroatoms. The number of amides is 1. The van der Waals surface area contributed by atoms with E-state index in [4.69, 9.17) is 4.42 Å². The second-order valence-corrected chi connectivity index (χ2v) is 4.23. The third-order valence-electron chi connectivity index (χ3n) is 3.00. The van der Waals surface area contributed by atoms with Crippen LogP contribution in [0.3, 0.4) is 0 Å². The van der Waals surface area contributed by atoms with Crippen LogP contribution in [0.15, 0.2) is 46.9 Å². The lowest BCUT2D eigenvalue weighted by Gasteiger charge is -2.04. The predicted molar refractivity (Wildman–Crippen MR) is 72.8 cm³/mol. The highest BCUT2D eigenvalue weighted by atomic mass is 19.1. The minimum Gasteiger partial charge on any atom is -0.433 e. The monoisotopic (exact) mass is 270 g/mol. The van der Waals surface area contributed by atoms with Gasteiger partial charge in [0.25, 0.3) is 5.91 Å². The number of rotatable bonds is 2. The Bertz CT molecular complexity index is 795. The van der Waals surface area contributed by atoms with E-state index in [0.717, 1.165) is 0 Å². The van der Waals surface area contributed by atoms with Crippen LogP contribution in [-0.2, 0) is 0 Å². The van der Waals surface area contributed by atoms with Gasteiger partial charge in [-0.15, -0.1) is 0 Å². The Morgan fingerprint density at radius 1 is 1.20 bits per heavy atom. The second-order valence-electron chi connectivity index (χ2n) is 4.23. The summed E-state index contributed by atoms with van der Waals surface area (Å²) >= 11 is 0. The Morgan fingerprint density at radius 2 is 2.00 bits per heavy atom. The number of aromatic nitrogens is 1. The van der Waals surface area contributed by atoms with Crippen molar-refractivity contribution in [2.24, 2.45) is 0 Å². The zero-order chi connectivity index (χ0) is 14.1. The van der Waals surface area contributed by atoms with Crippen LogP contribution in [0.5, 0.6) is 0 Å². The number of oxazole rings is 1. The minimum absolute atomic E-state index is 0.0919. The fourth-order valence-corrected chi connectivity index (χ4v) is 2.03. The zero-order valence-electron chi connectivity index (χ0n) is 10.7. The van der Waals surface area contributed by atoms with Gasteiger partial charge in [0.2, 0.25) is 5.89 Å². The Labute approximate surface area is 114 Å². The van der Waals surface area contributed by atoms with Crippen molar-refractivity contribution in [1.29, 1.82) is 0 Å². The topological polar surface area (TPSA) is 55.1 Å². The molecule has 4 nitrogen and oxygen atoms in total. The van der Waals surface area contributed by atoms with Crippen LogP contribution in [0.25, 0.3) is 22.6 Å². The van der Waals surface area contributed by atoms with Gasteiger partial charge in [-0.2, -0.15) is 0 Å². The Morgan fingerprint density at radius 3 is 2.75 bits per heavy atom. The summed E-state index contributed by atoms with van der Waals surface area (Å²) in [4.78, 5) is 16.1. The first kappa shape index (κ1) is 12.3. The number of benzene rings is 2. The van der Waals surface area contributed by atoms with Crippen molar-refractivity contribution >= 4 is 17.0 Å². The molecule has 0 atom stereocenters. The number of carbonyl (C=O) groups is 1. The third kappa shape index (κ3) is 1.93. The average molecular weight is 270 g/mol. The van der Waals surface area contributed by atoms with E-state index in [2.05, 4.69) is 10.3 Å². The van der Waals surface area contributed by atoms with Crippen LogP contribution < -0.4 is 5.32 Å². The molecule has 0 saturated carbocycles. The summed E-state index contributed by atoms with van der Waals surface area (Å²) < 4.78 is 19.1. The smallest absolute Gasteiger partial charge is 0.251 e. The lowest BCUT2D eigenvalue weighted by atomic mass is 10.1. The second kappa shape index (κ2) is 4.77. The van der Waals surface area contributed by atoms with Crippen LogP contribution in [0, 0.1) is 5.82 Å². The molecule has 1 aromatic heterocycles. The fraction of sp³-hybridized carbons (Fsp3) is 0.0667. The van der Waals surface area contributed by atoms with Crippen molar-refractivity contribution in [2.45, 2.75) is 0 Å². The van der Waals surface area contributed by atoms with Crippen molar-refractivity contribution in [3.63, 3.8) is 0 Å². The molecule has 1 heterocycles. The molecule has 0 saturated heterocycles. The summed E-state index contributed by atoms with van der Waals surface area (Å²) in [5.74, 6) is -0.494. The summed E-state index contributed by atoms with van der Waals surface area (Å²) in [6.45, 7) is 0. The number of hydrogen-bond acceptors (Lipinski definition) is 3. The van der Waals surface area contributed by atoms with Crippen molar-refractivity contribution in [2.75, 3.05) is 7.05 Å². The molecule has 0 spiro atoms. The average Bonchev–Trinajstić information content (AvgIpc) is 2.92. The summed E-state index contributed by atoms with van der Waals surface area (Å²) in [6, 6.07) is 11.4. The zero-order valence-corrected chi connectivity index (χ0v) is 10.7. The van der Waals surface area contributed by atoms with Gasteiger partial charge >= 0.3 is 0 Å². The van der Waals surface area contributed by atoms with Crippen molar-refractivity contribution in [1.82, 2.24) is 10.3 Å². The normalized spacial score (nSPS) is 10.7. The van der Waals surface area contributed by atoms with Gasteiger partial charge in [-0.1, -0.05) is 18.2 Å². The van der Waals surface area contributed by atoms with E-state index in [1.165, 1.54) is 6.07 Å². The minimum atomic E-state index is -0.473. The maximum atomic E-state index is 13.6. The van der Waals surface area contributed by atoms with Gasteiger partial charge in [0, 0.05) is 12.6 Å². The van der Waals surface area contributed by atoms with Gasteiger partial charge in [-0.25, -0.2) is 9.37 Å². The number of halogens is 1. The first-order valence-electron chi connectivity index (χ1n) is 6.07. The maximum absolute atomic E-state index is 13.6. The molecule has 1 amide bonds. The molecule has 0 bridgehead atoms. The first-order chi connectivity index (χ1) is 9.70. The summed E-state index contributed by atoms with van der Waals surface area (Å²) in [7, 11) is 1.55. The maximum Gasteiger partial charge on any atom is 0.251 e. The quantitative estimate of drug-likeness (QED) is 0.778. The number of nitrogens with one attached hydrogen (secondary N) is 1. The highest BCUT2D eigenvalue weighted by molar-refractivity contribution is 6.00. The lowest BCUT2D eigenvalue weighted by molar-refractivity contribution is 0.0963. The fourth-order valence-electron chi connectivity index (χ4n) is 2.03. The Kier molecular flexibility index (Phi) is 2.95. The summed E-state index contributed by atoms with van der Waals surface area (Å²) in [5.41, 5.74) is 1.48. The van der Waals surface area contributed by atoms with Gasteiger partial charge in [-0.05, 0) is 24.3 Å². The SMILES string of the molecule is CNC(=O)c1ccccc1-c1nc2cccc(F)c2o1. The molecule has 20 heavy (non-hydrogen) atoms.